The average molecular weight is 449 g/mol. The molecule has 1 aromatic rings. The molecule has 3 aliphatic heterocycles. The fourth-order valence-corrected chi connectivity index (χ4v) is 6.65. The maximum atomic E-state index is 13.0. The molecule has 0 bridgehead atoms. The molecule has 0 aliphatic carbocycles. The monoisotopic (exact) mass is 448 g/mol. The number of benzene rings is 1. The van der Waals surface area contributed by atoms with Crippen molar-refractivity contribution in [3.05, 3.63) is 29.8 Å². The Hall–Kier alpha value is -2.42. The summed E-state index contributed by atoms with van der Waals surface area (Å²) in [5, 5.41) is 0. The second kappa shape index (κ2) is 7.93. The largest absolute Gasteiger partial charge is 0.486 e. The van der Waals surface area contributed by atoms with Crippen molar-refractivity contribution in [2.45, 2.75) is 56.7 Å². The number of likely N-dealkylation sites (N-methyl/N-ethyl adjacent to an activating group) is 1. The minimum atomic E-state index is -3.11. The van der Waals surface area contributed by atoms with Gasteiger partial charge in [-0.1, -0.05) is 12.1 Å². The van der Waals surface area contributed by atoms with Gasteiger partial charge >= 0.3 is 0 Å². The minimum Gasteiger partial charge on any atom is -0.486 e. The second-order valence-corrected chi connectivity index (χ2v) is 11.1. The Morgan fingerprint density at radius 2 is 2.00 bits per heavy atom. The lowest BCUT2D eigenvalue weighted by molar-refractivity contribution is -0.145. The summed E-state index contributed by atoms with van der Waals surface area (Å²) in [7, 11) is -1.51. The summed E-state index contributed by atoms with van der Waals surface area (Å²) >= 11 is 0. The Morgan fingerprint density at radius 1 is 1.26 bits per heavy atom. The van der Waals surface area contributed by atoms with E-state index in [0.717, 1.165) is 0 Å². The zero-order chi connectivity index (χ0) is 22.4. The van der Waals surface area contributed by atoms with Gasteiger partial charge in [-0.25, -0.2) is 8.42 Å². The van der Waals surface area contributed by atoms with E-state index in [9.17, 15) is 22.8 Å². The number of Topliss-reactive ketones (excluding diaryl/α,β-unsaturated/α-hetero) is 1. The lowest BCUT2D eigenvalue weighted by atomic mass is 9.84. The molecule has 0 radical (unpaired) electrons. The van der Waals surface area contributed by atoms with Crippen LogP contribution in [0.2, 0.25) is 0 Å². The Bertz CT molecular complexity index is 1020. The van der Waals surface area contributed by atoms with E-state index in [2.05, 4.69) is 0 Å². The highest BCUT2D eigenvalue weighted by Crippen LogP contribution is 2.39. The van der Waals surface area contributed by atoms with Crippen molar-refractivity contribution in [1.29, 1.82) is 0 Å². The molecule has 2 saturated heterocycles. The van der Waals surface area contributed by atoms with E-state index in [1.807, 2.05) is 6.07 Å². The van der Waals surface area contributed by atoms with Crippen molar-refractivity contribution in [1.82, 2.24) is 9.80 Å². The number of nitrogens with zero attached hydrogens (tertiary/aromatic N) is 2. The summed E-state index contributed by atoms with van der Waals surface area (Å²) in [6, 6.07) is 6.08. The van der Waals surface area contributed by atoms with Gasteiger partial charge in [0, 0.05) is 32.5 Å². The number of hydrogen-bond donors (Lipinski definition) is 0. The van der Waals surface area contributed by atoms with Crippen molar-refractivity contribution >= 4 is 27.4 Å². The highest BCUT2D eigenvalue weighted by Gasteiger charge is 2.44. The van der Waals surface area contributed by atoms with Gasteiger partial charge in [-0.2, -0.15) is 0 Å². The lowest BCUT2D eigenvalue weighted by Crippen LogP contribution is -2.51. The Morgan fingerprint density at radius 3 is 2.71 bits per heavy atom. The molecule has 168 valence electrons. The molecule has 3 atom stereocenters. The first-order chi connectivity index (χ1) is 14.6. The predicted octanol–water partition coefficient (Wildman–Crippen LogP) is 1.44. The topological polar surface area (TPSA) is 101 Å². The molecule has 3 aliphatic rings. The van der Waals surface area contributed by atoms with E-state index < -0.39 is 21.5 Å². The zero-order valence-corrected chi connectivity index (χ0v) is 18.7. The predicted molar refractivity (Wildman–Crippen MR) is 114 cm³/mol. The van der Waals surface area contributed by atoms with Gasteiger partial charge in [-0.15, -0.1) is 0 Å². The quantitative estimate of drug-likeness (QED) is 0.694. The number of amides is 2. The van der Waals surface area contributed by atoms with Crippen LogP contribution in [0.5, 0.6) is 5.75 Å². The number of carbonyl (C=O) groups is 3. The first-order valence-electron chi connectivity index (χ1n) is 10.7. The van der Waals surface area contributed by atoms with Crippen LogP contribution >= 0.6 is 0 Å². The molecule has 0 aromatic heterocycles. The second-order valence-electron chi connectivity index (χ2n) is 8.90. The van der Waals surface area contributed by atoms with Crippen molar-refractivity contribution in [3.8, 4) is 5.75 Å². The van der Waals surface area contributed by atoms with Crippen LogP contribution in [-0.2, 0) is 19.4 Å². The summed E-state index contributed by atoms with van der Waals surface area (Å²) in [5.74, 6) is 0.188. The molecular formula is C22H28N2O6S. The number of ketones is 1. The van der Waals surface area contributed by atoms with Crippen LogP contribution in [0.4, 0.5) is 0 Å². The Labute approximate surface area is 182 Å². The normalized spacial score (nSPS) is 28.6. The number of sulfone groups is 1. The Kier molecular flexibility index (Phi) is 5.57. The van der Waals surface area contributed by atoms with E-state index in [1.165, 1.54) is 4.90 Å². The third-order valence-electron chi connectivity index (χ3n) is 6.85. The van der Waals surface area contributed by atoms with E-state index in [4.69, 9.17) is 4.74 Å². The minimum absolute atomic E-state index is 0.00838. The van der Waals surface area contributed by atoms with Gasteiger partial charge in [-0.3, -0.25) is 14.4 Å². The van der Waals surface area contributed by atoms with Crippen LogP contribution in [0.3, 0.4) is 0 Å². The molecule has 1 spiro atoms. The summed E-state index contributed by atoms with van der Waals surface area (Å²) in [4.78, 5) is 41.6. The molecular weight excluding hydrogens is 420 g/mol. The first-order valence-corrected chi connectivity index (χ1v) is 12.5. The number of ether oxygens (including phenoxy) is 1. The van der Waals surface area contributed by atoms with Gasteiger partial charge in [0.1, 0.15) is 17.4 Å². The van der Waals surface area contributed by atoms with Gasteiger partial charge in [0.2, 0.25) is 11.8 Å². The van der Waals surface area contributed by atoms with Gasteiger partial charge in [-0.05, 0) is 31.9 Å². The third kappa shape index (κ3) is 4.20. The number of rotatable bonds is 3. The number of hydrogen-bond acceptors (Lipinski definition) is 6. The molecule has 4 rings (SSSR count). The summed E-state index contributed by atoms with van der Waals surface area (Å²) in [6.45, 7) is 1.98. The van der Waals surface area contributed by atoms with Gasteiger partial charge in [0.25, 0.3) is 0 Å². The number of para-hydroxylation sites is 1. The zero-order valence-electron chi connectivity index (χ0n) is 17.9. The standard InChI is InChI=1S/C22H28N2O6S/c1-15(21(27)23(2)16-8-12-31(28,29)14-16)24-11-10-22(9-7-20(24)26)13-18(25)17-5-3-4-6-19(17)30-22/h3-6,15-16H,7-14H2,1-2H3/t15-,16+,22-/m1/s1. The van der Waals surface area contributed by atoms with Crippen molar-refractivity contribution in [2.24, 2.45) is 0 Å². The van der Waals surface area contributed by atoms with E-state index in [-0.39, 0.29) is 48.0 Å². The molecule has 0 N–H and O–H groups in total. The van der Waals surface area contributed by atoms with Crippen molar-refractivity contribution in [2.75, 3.05) is 25.1 Å². The summed E-state index contributed by atoms with van der Waals surface area (Å²) < 4.78 is 29.8. The maximum Gasteiger partial charge on any atom is 0.245 e. The lowest BCUT2D eigenvalue weighted by Gasteiger charge is -2.37. The highest BCUT2D eigenvalue weighted by atomic mass is 32.2. The average Bonchev–Trinajstić information content (AvgIpc) is 3.03. The van der Waals surface area contributed by atoms with Crippen LogP contribution in [-0.4, -0.2) is 78.6 Å². The van der Waals surface area contributed by atoms with Crippen LogP contribution in [0.1, 0.15) is 49.4 Å². The highest BCUT2D eigenvalue weighted by molar-refractivity contribution is 7.91. The smallest absolute Gasteiger partial charge is 0.245 e. The van der Waals surface area contributed by atoms with Crippen molar-refractivity contribution in [3.63, 3.8) is 0 Å². The number of fused-ring (bicyclic) bond motifs is 1. The molecule has 1 aromatic carbocycles. The molecule has 31 heavy (non-hydrogen) atoms. The van der Waals surface area contributed by atoms with Crippen LogP contribution in [0, 0.1) is 0 Å². The van der Waals surface area contributed by atoms with E-state index >= 15 is 0 Å². The van der Waals surface area contributed by atoms with Gasteiger partial charge in [0.15, 0.2) is 15.6 Å². The van der Waals surface area contributed by atoms with Gasteiger partial charge < -0.3 is 14.5 Å². The molecule has 8 nitrogen and oxygen atoms in total. The first kappa shape index (κ1) is 21.8. The van der Waals surface area contributed by atoms with Crippen LogP contribution in [0.15, 0.2) is 24.3 Å². The molecule has 0 unspecified atom stereocenters. The van der Waals surface area contributed by atoms with E-state index in [1.54, 1.807) is 37.1 Å². The summed E-state index contributed by atoms with van der Waals surface area (Å²) in [5.41, 5.74) is -0.179. The SMILES string of the molecule is C[C@H](C(=O)N(C)[C@H]1CCS(=O)(=O)C1)N1CC[C@]2(CCC1=O)CC(=O)c1ccccc1O2. The van der Waals surface area contributed by atoms with Gasteiger partial charge in [0.05, 0.1) is 23.5 Å². The molecule has 3 heterocycles. The number of likely N-dealkylation sites (tertiary alicyclic amines) is 1. The maximum absolute atomic E-state index is 13.0. The Balaban J connectivity index is 1.47. The van der Waals surface area contributed by atoms with E-state index in [0.29, 0.717) is 37.1 Å². The third-order valence-corrected chi connectivity index (χ3v) is 8.60. The van der Waals surface area contributed by atoms with Crippen LogP contribution < -0.4 is 4.74 Å². The fourth-order valence-electron chi connectivity index (χ4n) is 4.87. The molecule has 2 fully saturated rings. The van der Waals surface area contributed by atoms with Crippen LogP contribution in [0.25, 0.3) is 0 Å². The molecule has 0 saturated carbocycles. The molecule has 2 amide bonds. The fraction of sp³-hybridized carbons (Fsp3) is 0.591. The summed E-state index contributed by atoms with van der Waals surface area (Å²) in [6.07, 6.45) is 1.70. The molecule has 9 heteroatoms. The number of carbonyl (C=O) groups excluding carboxylic acids is 3. The van der Waals surface area contributed by atoms with Crippen molar-refractivity contribution < 1.29 is 27.5 Å².